The average molecular weight is 908 g/mol. The molecule has 0 radical (unpaired) electrons. The van der Waals surface area contributed by atoms with Crippen molar-refractivity contribution in [3.63, 3.8) is 0 Å². The zero-order valence-electron chi connectivity index (χ0n) is 39.6. The van der Waals surface area contributed by atoms with Crippen LogP contribution < -0.4 is 25.7 Å². The third-order valence-electron chi connectivity index (χ3n) is 13.0. The minimum atomic E-state index is -3.33. The molecule has 8 aromatic rings. The summed E-state index contributed by atoms with van der Waals surface area (Å²) in [7, 11) is -3.33. The number of anilines is 4. The van der Waals surface area contributed by atoms with Crippen molar-refractivity contribution in [3.05, 3.63) is 199 Å². The maximum absolute atomic E-state index is 16.6. The predicted octanol–water partition coefficient (Wildman–Crippen LogP) is 15.7. The molecule has 65 heavy (non-hydrogen) atoms. The largest absolute Gasteiger partial charge is 0.341 e. The van der Waals surface area contributed by atoms with Gasteiger partial charge in [0, 0.05) is 74.2 Å². The summed E-state index contributed by atoms with van der Waals surface area (Å²) in [5, 5.41) is 2.76. The molecule has 0 saturated carbocycles. The summed E-state index contributed by atoms with van der Waals surface area (Å²) in [5.41, 5.74) is 18.7. The van der Waals surface area contributed by atoms with Crippen molar-refractivity contribution in [2.45, 2.75) is 82.1 Å². The van der Waals surface area contributed by atoms with Crippen LogP contribution in [0.1, 0.15) is 86.5 Å². The zero-order chi connectivity index (χ0) is 45.7. The summed E-state index contributed by atoms with van der Waals surface area (Å²) >= 11 is 3.58. The van der Waals surface area contributed by atoms with Crippen LogP contribution >= 0.6 is 29.8 Å². The van der Waals surface area contributed by atoms with Gasteiger partial charge in [-0.25, -0.2) is 0 Å². The fourth-order valence-corrected chi connectivity index (χ4v) is 16.8. The van der Waals surface area contributed by atoms with Crippen molar-refractivity contribution >= 4 is 68.5 Å². The fraction of sp³-hybridized carbons (Fsp3) is 0.237. The molecule has 3 nitrogen and oxygen atoms in total. The van der Waals surface area contributed by atoms with Gasteiger partial charge in [-0.3, -0.25) is 4.57 Å². The van der Waals surface area contributed by atoms with Crippen LogP contribution in [-0.2, 0) is 4.57 Å². The molecule has 0 bridgehead atoms. The quantitative estimate of drug-likeness (QED) is 0.0901. The molecule has 0 amide bonds. The van der Waals surface area contributed by atoms with Gasteiger partial charge in [0.15, 0.2) is 0 Å². The van der Waals surface area contributed by atoms with Gasteiger partial charge < -0.3 is 9.80 Å². The molecule has 328 valence electrons. The topological polar surface area (TPSA) is 23.6 Å². The van der Waals surface area contributed by atoms with Crippen molar-refractivity contribution in [2.24, 2.45) is 0 Å². The minimum absolute atomic E-state index is 0.876. The highest BCUT2D eigenvalue weighted by atomic mass is 32.1. The van der Waals surface area contributed by atoms with Crippen molar-refractivity contribution in [2.75, 3.05) is 22.9 Å². The normalized spacial score (nSPS) is 12.9. The van der Waals surface area contributed by atoms with Gasteiger partial charge in [-0.15, -0.1) is 22.7 Å². The molecule has 1 aliphatic heterocycles. The lowest BCUT2D eigenvalue weighted by molar-refractivity contribution is 0.592. The van der Waals surface area contributed by atoms with Crippen LogP contribution in [0.2, 0.25) is 0 Å². The molecular formula is C59H60N2OPS2+. The lowest BCUT2D eigenvalue weighted by Gasteiger charge is -2.28. The van der Waals surface area contributed by atoms with Crippen molar-refractivity contribution in [1.82, 2.24) is 0 Å². The summed E-state index contributed by atoms with van der Waals surface area (Å²) in [6.45, 7) is 24.1. The number of aryl methyl sites for hydroxylation is 8. The smallest absolute Gasteiger partial charge is 0.232 e. The highest BCUT2D eigenvalue weighted by molar-refractivity contribution is 7.86. The first-order valence-electron chi connectivity index (χ1n) is 23.1. The first-order valence-corrected chi connectivity index (χ1v) is 26.5. The molecule has 0 saturated heterocycles. The number of benzene rings is 6. The lowest BCUT2D eigenvalue weighted by atomic mass is 9.88. The molecule has 0 atom stereocenters. The second-order valence-corrected chi connectivity index (χ2v) is 22.9. The number of nitrogens with zero attached hydrogens (tertiary/aromatic N) is 2. The number of rotatable bonds is 12. The second-order valence-electron chi connectivity index (χ2n) is 18.1. The summed E-state index contributed by atoms with van der Waals surface area (Å²) in [6.07, 6.45) is 2.08. The highest BCUT2D eigenvalue weighted by Crippen LogP contribution is 2.58. The van der Waals surface area contributed by atoms with E-state index in [2.05, 4.69) is 194 Å². The standard InChI is InChI=1S/C59H60N2OPS2/c1-11-29-60(56-41(7)31-37(3)32-42(56)8)47-25-21-45(22-26-47)52-35-50-58(64-52)55(54-39(5)17-16-18-40(54)6)59-51(63(50,62)49-19-14-13-15-20-49)36-53(65-59)46-23-27-48(28-24-46)61(30-12-2)57-43(9)33-38(4)34-44(57)10/h13-28,31-36H,11-12,29-30H2,1-10H3/q+1. The van der Waals surface area contributed by atoms with Gasteiger partial charge in [0.2, 0.25) is 7.14 Å². The molecule has 0 N–H and O–H groups in total. The van der Waals surface area contributed by atoms with E-state index in [1.807, 2.05) is 18.2 Å². The van der Waals surface area contributed by atoms with Crippen LogP contribution in [-0.4, -0.2) is 13.1 Å². The van der Waals surface area contributed by atoms with Crippen LogP contribution in [0, 0.1) is 61.3 Å². The van der Waals surface area contributed by atoms with E-state index >= 15 is 4.57 Å². The summed E-state index contributed by atoms with van der Waals surface area (Å²) in [4.78, 5) is 9.44. The van der Waals surface area contributed by atoms with Crippen molar-refractivity contribution < 1.29 is 4.57 Å². The molecule has 1 aliphatic rings. The Morgan fingerprint density at radius 3 is 1.26 bits per heavy atom. The maximum Gasteiger partial charge on any atom is 0.232 e. The average Bonchev–Trinajstić information content (AvgIpc) is 3.94. The summed E-state index contributed by atoms with van der Waals surface area (Å²) in [6, 6.07) is 48.7. The number of hydrogen-bond donors (Lipinski definition) is 0. The Bertz CT molecular complexity index is 2860. The molecule has 9 rings (SSSR count). The van der Waals surface area contributed by atoms with E-state index in [0.29, 0.717) is 0 Å². The van der Waals surface area contributed by atoms with E-state index in [0.717, 1.165) is 72.5 Å². The summed E-state index contributed by atoms with van der Waals surface area (Å²) in [5.74, 6) is 1.20. The minimum Gasteiger partial charge on any atom is -0.341 e. The molecule has 0 fully saturated rings. The van der Waals surface area contributed by atoms with Crippen LogP contribution in [0.3, 0.4) is 0 Å². The first kappa shape index (κ1) is 44.6. The van der Waals surface area contributed by atoms with Crippen LogP contribution in [0.5, 0.6) is 0 Å². The van der Waals surface area contributed by atoms with Gasteiger partial charge in [-0.05, 0) is 156 Å². The molecule has 6 heteroatoms. The van der Waals surface area contributed by atoms with Gasteiger partial charge in [-0.2, -0.15) is 0 Å². The van der Waals surface area contributed by atoms with Crippen molar-refractivity contribution in [1.29, 1.82) is 0 Å². The van der Waals surface area contributed by atoms with Crippen LogP contribution in [0.15, 0.2) is 133 Å². The molecule has 3 heterocycles. The summed E-state index contributed by atoms with van der Waals surface area (Å²) < 4.78 is 16.6. The Morgan fingerprint density at radius 2 is 0.877 bits per heavy atom. The SMILES string of the molecule is CCCN(c1ccc(-c2cc3c(s2)[C+](c2c(C)cccc2C)c2sc(-c4ccc(N(CCC)c5c(C)cc(C)cc5C)cc4)cc2P3(=O)c2ccccc2)cc1)c1c(C)cc(C)cc1C. The van der Waals surface area contributed by atoms with Gasteiger partial charge in [0.1, 0.15) is 9.75 Å². The molecule has 2 aromatic heterocycles. The molecule has 6 aromatic carbocycles. The van der Waals surface area contributed by atoms with Gasteiger partial charge in [0.25, 0.3) is 0 Å². The Kier molecular flexibility index (Phi) is 12.4. The fourth-order valence-electron chi connectivity index (χ4n) is 10.5. The zero-order valence-corrected chi connectivity index (χ0v) is 42.1. The van der Waals surface area contributed by atoms with Gasteiger partial charge >= 0.3 is 0 Å². The Morgan fingerprint density at radius 1 is 0.477 bits per heavy atom. The van der Waals surface area contributed by atoms with Crippen molar-refractivity contribution in [3.8, 4) is 20.9 Å². The van der Waals surface area contributed by atoms with Gasteiger partial charge in [-0.1, -0.05) is 91.7 Å². The van der Waals surface area contributed by atoms with Gasteiger partial charge in [0.05, 0.1) is 22.1 Å². The van der Waals surface area contributed by atoms with E-state index < -0.39 is 7.14 Å². The van der Waals surface area contributed by atoms with Crippen LogP contribution in [0.25, 0.3) is 20.9 Å². The number of fused-ring (bicyclic) bond motifs is 2. The lowest BCUT2D eigenvalue weighted by Crippen LogP contribution is -2.34. The van der Waals surface area contributed by atoms with E-state index in [-0.39, 0.29) is 0 Å². The predicted molar refractivity (Wildman–Crippen MR) is 285 cm³/mol. The molecular weight excluding hydrogens is 848 g/mol. The van der Waals surface area contributed by atoms with E-state index in [4.69, 9.17) is 0 Å². The monoisotopic (exact) mass is 907 g/mol. The Hall–Kier alpha value is -5.58. The molecule has 0 aliphatic carbocycles. The maximum atomic E-state index is 16.6. The van der Waals surface area contributed by atoms with E-state index in [1.165, 1.54) is 78.7 Å². The molecule has 0 unspecified atom stereocenters. The third-order valence-corrected chi connectivity index (χ3v) is 18.8. The van der Waals surface area contributed by atoms with Crippen LogP contribution in [0.4, 0.5) is 22.7 Å². The Labute approximate surface area is 395 Å². The number of thiophene rings is 2. The number of hydrogen-bond acceptors (Lipinski definition) is 5. The van der Waals surface area contributed by atoms with E-state index in [9.17, 15) is 0 Å². The molecule has 0 spiro atoms. The highest BCUT2D eigenvalue weighted by Gasteiger charge is 2.51. The Balaban J connectivity index is 1.18. The first-order chi connectivity index (χ1) is 31.3. The van der Waals surface area contributed by atoms with E-state index in [1.54, 1.807) is 22.7 Å². The third kappa shape index (κ3) is 8.00. The second kappa shape index (κ2) is 18.0.